The number of anilines is 1. The molecule has 0 unspecified atom stereocenters. The van der Waals surface area contributed by atoms with Gasteiger partial charge in [-0.15, -0.1) is 0 Å². The summed E-state index contributed by atoms with van der Waals surface area (Å²) in [5.41, 5.74) is -5.24. The van der Waals surface area contributed by atoms with Crippen LogP contribution < -0.4 is 10.2 Å². The first kappa shape index (κ1) is 16.8. The Morgan fingerprint density at radius 2 is 1.85 bits per heavy atom. The van der Waals surface area contributed by atoms with E-state index in [1.165, 1.54) is 23.1 Å². The van der Waals surface area contributed by atoms with Crippen molar-refractivity contribution in [3.63, 3.8) is 0 Å². The lowest BCUT2D eigenvalue weighted by molar-refractivity contribution is -0.0435. The van der Waals surface area contributed by atoms with Crippen molar-refractivity contribution in [3.05, 3.63) is 24.3 Å². The van der Waals surface area contributed by atoms with E-state index in [0.29, 0.717) is 19.5 Å². The summed E-state index contributed by atoms with van der Waals surface area (Å²) in [4.78, 5) is 0.801. The van der Waals surface area contributed by atoms with Gasteiger partial charge in [0.1, 0.15) is 0 Å². The third-order valence-corrected chi connectivity index (χ3v) is 4.32. The van der Waals surface area contributed by atoms with Gasteiger partial charge in [-0.05, 0) is 32.1 Å². The molecule has 0 spiro atoms. The normalized spacial score (nSPS) is 12.4. The molecule has 8 heteroatoms. The molecule has 0 atom stereocenters. The summed E-state index contributed by atoms with van der Waals surface area (Å²) in [5.74, 6) is 0. The molecule has 0 bridgehead atoms. The van der Waals surface area contributed by atoms with Crippen molar-refractivity contribution >= 4 is 15.5 Å². The number of hydrogen-bond acceptors (Lipinski definition) is 4. The minimum absolute atomic E-state index is 0.0564. The molecule has 4 nitrogen and oxygen atoms in total. The Kier molecular flexibility index (Phi) is 5.41. The van der Waals surface area contributed by atoms with Gasteiger partial charge in [0.15, 0.2) is 0 Å². The fraction of sp³-hybridized carbons (Fsp3) is 0.500. The molecule has 0 aromatic heterocycles. The van der Waals surface area contributed by atoms with Crippen LogP contribution in [-0.4, -0.2) is 41.1 Å². The van der Waals surface area contributed by atoms with Gasteiger partial charge in [0.25, 0.3) is 9.84 Å². The molecule has 0 aliphatic carbocycles. The first-order chi connectivity index (χ1) is 9.21. The van der Waals surface area contributed by atoms with E-state index in [1.54, 1.807) is 14.1 Å². The van der Waals surface area contributed by atoms with Crippen molar-refractivity contribution in [2.24, 2.45) is 0 Å². The van der Waals surface area contributed by atoms with E-state index in [2.05, 4.69) is 5.32 Å². The summed E-state index contributed by atoms with van der Waals surface area (Å²) in [5, 5.41) is 2.92. The number of sulfone groups is 1. The number of benzene rings is 1. The average molecular weight is 310 g/mol. The van der Waals surface area contributed by atoms with E-state index in [0.717, 1.165) is 6.07 Å². The van der Waals surface area contributed by atoms with Crippen LogP contribution >= 0.6 is 0 Å². The fourth-order valence-corrected chi connectivity index (χ4v) is 2.74. The second-order valence-corrected chi connectivity index (χ2v) is 6.21. The summed E-state index contributed by atoms with van der Waals surface area (Å²) < 4.78 is 61.0. The summed E-state index contributed by atoms with van der Waals surface area (Å²) in [7, 11) is -2.00. The number of hydrogen-bond donors (Lipinski definition) is 1. The average Bonchev–Trinajstić information content (AvgIpc) is 2.37. The van der Waals surface area contributed by atoms with E-state index in [1.807, 2.05) is 0 Å². The highest BCUT2D eigenvalue weighted by Gasteiger charge is 2.48. The number of alkyl halides is 3. The Hall–Kier alpha value is -1.28. The van der Waals surface area contributed by atoms with Crippen LogP contribution in [-0.2, 0) is 9.84 Å². The van der Waals surface area contributed by atoms with Crippen LogP contribution in [0.3, 0.4) is 0 Å². The lowest BCUT2D eigenvalue weighted by Crippen LogP contribution is -2.28. The Balaban J connectivity index is 3.12. The summed E-state index contributed by atoms with van der Waals surface area (Å²) in [6.45, 7) is 1.14. The summed E-state index contributed by atoms with van der Waals surface area (Å²) in [6, 6.07) is 5.15. The zero-order valence-electron chi connectivity index (χ0n) is 11.2. The van der Waals surface area contributed by atoms with Crippen LogP contribution in [0.4, 0.5) is 18.9 Å². The molecule has 1 N–H and O–H groups in total. The number of para-hydroxylation sites is 1. The number of nitrogens with zero attached hydrogens (tertiary/aromatic N) is 1. The van der Waals surface area contributed by atoms with E-state index < -0.39 is 20.2 Å². The van der Waals surface area contributed by atoms with Crippen LogP contribution in [0, 0.1) is 0 Å². The third-order valence-electron chi connectivity index (χ3n) is 2.79. The molecule has 0 radical (unpaired) electrons. The van der Waals surface area contributed by atoms with Crippen LogP contribution in [0.25, 0.3) is 0 Å². The molecular formula is C12H17F3N2O2S. The van der Waals surface area contributed by atoms with Crippen LogP contribution in [0.15, 0.2) is 29.2 Å². The smallest absolute Gasteiger partial charge is 0.373 e. The zero-order chi connectivity index (χ0) is 15.4. The molecule has 20 heavy (non-hydrogen) atoms. The Morgan fingerprint density at radius 1 is 1.25 bits per heavy atom. The van der Waals surface area contributed by atoms with Gasteiger partial charge in [-0.25, -0.2) is 8.42 Å². The lowest BCUT2D eigenvalue weighted by atomic mass is 10.3. The van der Waals surface area contributed by atoms with Crippen molar-refractivity contribution in [1.82, 2.24) is 5.32 Å². The van der Waals surface area contributed by atoms with Crippen LogP contribution in [0.1, 0.15) is 6.42 Å². The standard InChI is InChI=1S/C12H17F3N2O2S/c1-16-8-5-9-17(2)10-6-3-4-7-11(10)20(18,19)12(13,14)15/h3-4,6-7,16H,5,8-9H2,1-2H3. The van der Waals surface area contributed by atoms with Gasteiger partial charge in [-0.1, -0.05) is 12.1 Å². The first-order valence-corrected chi connectivity index (χ1v) is 7.46. The molecule has 1 rings (SSSR count). The highest BCUT2D eigenvalue weighted by Crippen LogP contribution is 2.35. The number of rotatable bonds is 6. The monoisotopic (exact) mass is 310 g/mol. The Morgan fingerprint density at radius 3 is 2.40 bits per heavy atom. The maximum atomic E-state index is 12.7. The Labute approximate surface area is 116 Å². The molecule has 0 heterocycles. The molecule has 1 aromatic carbocycles. The lowest BCUT2D eigenvalue weighted by Gasteiger charge is -2.22. The van der Waals surface area contributed by atoms with Gasteiger partial charge in [0.2, 0.25) is 0 Å². The van der Waals surface area contributed by atoms with Crippen molar-refractivity contribution < 1.29 is 21.6 Å². The maximum absolute atomic E-state index is 12.7. The number of halogens is 3. The van der Waals surface area contributed by atoms with Gasteiger partial charge in [-0.3, -0.25) is 0 Å². The topological polar surface area (TPSA) is 49.4 Å². The van der Waals surface area contributed by atoms with Gasteiger partial charge >= 0.3 is 5.51 Å². The molecule has 114 valence electrons. The quantitative estimate of drug-likeness (QED) is 0.817. The molecule has 0 fully saturated rings. The van der Waals surface area contributed by atoms with Crippen molar-refractivity contribution in [1.29, 1.82) is 0 Å². The SMILES string of the molecule is CNCCCN(C)c1ccccc1S(=O)(=O)C(F)(F)F. The molecule has 0 amide bonds. The Bertz CT molecular complexity index is 544. The van der Waals surface area contributed by atoms with Gasteiger partial charge in [-0.2, -0.15) is 13.2 Å². The van der Waals surface area contributed by atoms with Gasteiger partial charge < -0.3 is 10.2 Å². The fourth-order valence-electron chi connectivity index (χ4n) is 1.74. The molecule has 0 aliphatic rings. The van der Waals surface area contributed by atoms with Crippen molar-refractivity contribution in [2.75, 3.05) is 32.1 Å². The maximum Gasteiger partial charge on any atom is 0.501 e. The predicted octanol–water partition coefficient (Wildman–Crippen LogP) is 2.03. The largest absolute Gasteiger partial charge is 0.501 e. The van der Waals surface area contributed by atoms with Crippen molar-refractivity contribution in [2.45, 2.75) is 16.8 Å². The first-order valence-electron chi connectivity index (χ1n) is 5.98. The number of nitrogens with one attached hydrogen (secondary N) is 1. The highest BCUT2D eigenvalue weighted by molar-refractivity contribution is 7.92. The zero-order valence-corrected chi connectivity index (χ0v) is 12.1. The minimum atomic E-state index is -5.34. The molecule has 1 aromatic rings. The molecule has 0 saturated heterocycles. The van der Waals surface area contributed by atoms with Gasteiger partial charge in [0, 0.05) is 13.6 Å². The summed E-state index contributed by atoms with van der Waals surface area (Å²) >= 11 is 0. The second kappa shape index (κ2) is 6.45. The van der Waals surface area contributed by atoms with E-state index >= 15 is 0 Å². The summed E-state index contributed by atoms with van der Waals surface area (Å²) in [6.07, 6.45) is 0.688. The molecule has 0 saturated carbocycles. The minimum Gasteiger partial charge on any atom is -0.373 e. The van der Waals surface area contributed by atoms with E-state index in [9.17, 15) is 21.6 Å². The van der Waals surface area contributed by atoms with E-state index in [4.69, 9.17) is 0 Å². The predicted molar refractivity (Wildman–Crippen MR) is 71.5 cm³/mol. The van der Waals surface area contributed by atoms with E-state index in [-0.39, 0.29) is 5.69 Å². The second-order valence-electron chi connectivity index (χ2n) is 4.30. The van der Waals surface area contributed by atoms with Crippen molar-refractivity contribution in [3.8, 4) is 0 Å². The molecular weight excluding hydrogens is 293 g/mol. The van der Waals surface area contributed by atoms with Crippen LogP contribution in [0.5, 0.6) is 0 Å². The molecule has 0 aliphatic heterocycles. The van der Waals surface area contributed by atoms with Gasteiger partial charge in [0.05, 0.1) is 10.6 Å². The highest BCUT2D eigenvalue weighted by atomic mass is 32.2. The third kappa shape index (κ3) is 3.63. The van der Waals surface area contributed by atoms with Crippen LogP contribution in [0.2, 0.25) is 0 Å².